The summed E-state index contributed by atoms with van der Waals surface area (Å²) in [6.07, 6.45) is 3.26. The number of para-hydroxylation sites is 1. The van der Waals surface area contributed by atoms with Gasteiger partial charge < -0.3 is 4.90 Å². The van der Waals surface area contributed by atoms with Crippen LogP contribution in [0.5, 0.6) is 0 Å². The summed E-state index contributed by atoms with van der Waals surface area (Å²) >= 11 is 0. The first-order valence-electron chi connectivity index (χ1n) is 9.80. The maximum absolute atomic E-state index is 12.7. The number of likely N-dealkylation sites (tertiary alicyclic amines) is 1. The number of nitrogens with one attached hydrogen (secondary N) is 1. The monoisotopic (exact) mass is 379 g/mol. The van der Waals surface area contributed by atoms with Crippen LogP contribution in [-0.2, 0) is 11.3 Å². The van der Waals surface area contributed by atoms with Crippen molar-refractivity contribution in [3.8, 4) is 0 Å². The van der Waals surface area contributed by atoms with Gasteiger partial charge in [-0.1, -0.05) is 26.0 Å². The van der Waals surface area contributed by atoms with Crippen molar-refractivity contribution in [2.24, 2.45) is 0 Å². The summed E-state index contributed by atoms with van der Waals surface area (Å²) in [5.41, 5.74) is 2.72. The molecule has 4 rings (SSSR count). The highest BCUT2D eigenvalue weighted by Crippen LogP contribution is 2.28. The predicted octanol–water partition coefficient (Wildman–Crippen LogP) is 2.65. The predicted molar refractivity (Wildman–Crippen MR) is 107 cm³/mol. The molecule has 0 atom stereocenters. The number of hydrogen-bond acceptors (Lipinski definition) is 4. The zero-order valence-electron chi connectivity index (χ0n) is 16.3. The second kappa shape index (κ2) is 7.58. The molecule has 7 nitrogen and oxygen atoms in total. The highest BCUT2D eigenvalue weighted by atomic mass is 16.2. The van der Waals surface area contributed by atoms with Crippen molar-refractivity contribution < 1.29 is 4.79 Å². The Hall–Kier alpha value is -2.96. The first-order chi connectivity index (χ1) is 13.5. The average molecular weight is 379 g/mol. The van der Waals surface area contributed by atoms with Gasteiger partial charge in [-0.05, 0) is 37.0 Å². The molecule has 0 radical (unpaired) electrons. The molecule has 1 saturated heterocycles. The summed E-state index contributed by atoms with van der Waals surface area (Å²) in [6.45, 7) is 5.67. The highest BCUT2D eigenvalue weighted by Gasteiger charge is 2.25. The van der Waals surface area contributed by atoms with Crippen molar-refractivity contribution in [3.63, 3.8) is 0 Å². The summed E-state index contributed by atoms with van der Waals surface area (Å²) in [6, 6.07) is 9.34. The van der Waals surface area contributed by atoms with Crippen LogP contribution in [0.25, 0.3) is 10.9 Å². The van der Waals surface area contributed by atoms with E-state index in [1.165, 1.54) is 10.9 Å². The number of aromatic nitrogens is 4. The van der Waals surface area contributed by atoms with E-state index in [0.717, 1.165) is 24.2 Å². The molecule has 0 saturated carbocycles. The van der Waals surface area contributed by atoms with E-state index in [9.17, 15) is 9.59 Å². The van der Waals surface area contributed by atoms with Crippen LogP contribution >= 0.6 is 0 Å². The number of aromatic amines is 1. The van der Waals surface area contributed by atoms with Crippen molar-refractivity contribution in [3.05, 3.63) is 58.4 Å². The zero-order valence-corrected chi connectivity index (χ0v) is 16.3. The second-order valence-electron chi connectivity index (χ2n) is 7.75. The Morgan fingerprint density at radius 3 is 2.71 bits per heavy atom. The number of H-pyrrole nitrogens is 1. The lowest BCUT2D eigenvalue weighted by Gasteiger charge is -2.31. The average Bonchev–Trinajstić information content (AvgIpc) is 3.21. The van der Waals surface area contributed by atoms with Gasteiger partial charge in [-0.25, -0.2) is 4.98 Å². The molecule has 1 fully saturated rings. The zero-order chi connectivity index (χ0) is 19.7. The topological polar surface area (TPSA) is 83.9 Å². The van der Waals surface area contributed by atoms with Crippen LogP contribution in [0.1, 0.15) is 49.9 Å². The summed E-state index contributed by atoms with van der Waals surface area (Å²) in [4.78, 5) is 31.4. The van der Waals surface area contributed by atoms with E-state index >= 15 is 0 Å². The molecule has 2 aromatic heterocycles. The van der Waals surface area contributed by atoms with Gasteiger partial charge in [-0.15, -0.1) is 0 Å². The number of hydrogen-bond donors (Lipinski definition) is 1. The van der Waals surface area contributed by atoms with Crippen LogP contribution in [0.4, 0.5) is 0 Å². The van der Waals surface area contributed by atoms with Gasteiger partial charge in [0.2, 0.25) is 5.91 Å². The molecule has 0 aliphatic carbocycles. The van der Waals surface area contributed by atoms with E-state index in [1.807, 2.05) is 17.0 Å². The van der Waals surface area contributed by atoms with Gasteiger partial charge >= 0.3 is 0 Å². The second-order valence-corrected chi connectivity index (χ2v) is 7.75. The minimum atomic E-state index is -0.174. The van der Waals surface area contributed by atoms with Gasteiger partial charge in [0.15, 0.2) is 0 Å². The van der Waals surface area contributed by atoms with Crippen molar-refractivity contribution in [2.45, 2.75) is 45.1 Å². The van der Waals surface area contributed by atoms with Gasteiger partial charge in [0.25, 0.3) is 5.56 Å². The standard InChI is InChI=1S/C21H25N5O2/c1-14(2)18-11-19(24-23-18)15-7-9-25(10-8-15)20(27)12-26-13-22-17-6-4-3-5-16(17)21(26)28/h3-6,11,13-15H,7-10,12H2,1-2H3,(H,23,24). The molecule has 1 aliphatic heterocycles. The third kappa shape index (κ3) is 3.56. The first kappa shape index (κ1) is 18.4. The number of fused-ring (bicyclic) bond motifs is 1. The normalized spacial score (nSPS) is 15.5. The van der Waals surface area contributed by atoms with Crippen LogP contribution in [0.2, 0.25) is 0 Å². The number of carbonyl (C=O) groups excluding carboxylic acids is 1. The van der Waals surface area contributed by atoms with E-state index in [-0.39, 0.29) is 18.0 Å². The number of rotatable bonds is 4. The Morgan fingerprint density at radius 2 is 2.00 bits per heavy atom. The van der Waals surface area contributed by atoms with E-state index in [0.29, 0.717) is 35.8 Å². The van der Waals surface area contributed by atoms with Crippen molar-refractivity contribution in [2.75, 3.05) is 13.1 Å². The van der Waals surface area contributed by atoms with Crippen LogP contribution < -0.4 is 5.56 Å². The summed E-state index contributed by atoms with van der Waals surface area (Å²) in [7, 11) is 0. The Labute approximate surface area is 163 Å². The molecule has 28 heavy (non-hydrogen) atoms. The van der Waals surface area contributed by atoms with Crippen molar-refractivity contribution in [1.82, 2.24) is 24.6 Å². The summed E-state index contributed by atoms with van der Waals surface area (Å²) < 4.78 is 1.40. The largest absolute Gasteiger partial charge is 0.341 e. The highest BCUT2D eigenvalue weighted by molar-refractivity contribution is 5.79. The van der Waals surface area contributed by atoms with E-state index in [4.69, 9.17) is 0 Å². The van der Waals surface area contributed by atoms with Crippen LogP contribution in [-0.4, -0.2) is 43.6 Å². The molecule has 3 aromatic rings. The molecule has 1 aliphatic rings. The Morgan fingerprint density at radius 1 is 1.25 bits per heavy atom. The lowest BCUT2D eigenvalue weighted by atomic mass is 9.93. The van der Waals surface area contributed by atoms with Gasteiger partial charge in [-0.3, -0.25) is 19.3 Å². The maximum Gasteiger partial charge on any atom is 0.261 e. The van der Waals surface area contributed by atoms with Gasteiger partial charge in [-0.2, -0.15) is 5.10 Å². The summed E-state index contributed by atoms with van der Waals surface area (Å²) in [5, 5.41) is 8.08. The third-order valence-corrected chi connectivity index (χ3v) is 5.53. The van der Waals surface area contributed by atoms with Crippen LogP contribution in [0.3, 0.4) is 0 Å². The Balaban J connectivity index is 1.40. The van der Waals surface area contributed by atoms with E-state index in [1.54, 1.807) is 12.1 Å². The van der Waals surface area contributed by atoms with Crippen LogP contribution in [0.15, 0.2) is 41.5 Å². The molecule has 1 amide bonds. The molecule has 146 valence electrons. The maximum atomic E-state index is 12.7. The number of piperidine rings is 1. The van der Waals surface area contributed by atoms with E-state index < -0.39 is 0 Å². The lowest BCUT2D eigenvalue weighted by Crippen LogP contribution is -2.41. The van der Waals surface area contributed by atoms with Gasteiger partial charge in [0.05, 0.1) is 22.9 Å². The molecule has 3 heterocycles. The molecule has 0 spiro atoms. The number of carbonyl (C=O) groups is 1. The Bertz CT molecular complexity index is 1040. The van der Waals surface area contributed by atoms with Gasteiger partial charge in [0.1, 0.15) is 6.54 Å². The fourth-order valence-electron chi connectivity index (χ4n) is 3.76. The fraction of sp³-hybridized carbons (Fsp3) is 0.429. The third-order valence-electron chi connectivity index (χ3n) is 5.53. The lowest BCUT2D eigenvalue weighted by molar-refractivity contribution is -0.133. The molecule has 1 aromatic carbocycles. The fourth-order valence-corrected chi connectivity index (χ4v) is 3.76. The van der Waals surface area contributed by atoms with Crippen LogP contribution in [0, 0.1) is 0 Å². The van der Waals surface area contributed by atoms with Gasteiger partial charge in [0, 0.05) is 24.7 Å². The number of amides is 1. The molecule has 7 heteroatoms. The molecular weight excluding hydrogens is 354 g/mol. The first-order valence-corrected chi connectivity index (χ1v) is 9.80. The SMILES string of the molecule is CC(C)c1cc(C2CCN(C(=O)Cn3cnc4ccccc4c3=O)CC2)[nH]n1. The minimum absolute atomic E-state index is 0.0306. The summed E-state index contributed by atoms with van der Waals surface area (Å²) in [5.74, 6) is 0.764. The molecular formula is C21H25N5O2. The number of benzene rings is 1. The number of nitrogens with zero attached hydrogens (tertiary/aromatic N) is 4. The quantitative estimate of drug-likeness (QED) is 0.755. The Kier molecular flexibility index (Phi) is 4.98. The smallest absolute Gasteiger partial charge is 0.261 e. The minimum Gasteiger partial charge on any atom is -0.341 e. The van der Waals surface area contributed by atoms with Crippen molar-refractivity contribution in [1.29, 1.82) is 0 Å². The van der Waals surface area contributed by atoms with Crippen molar-refractivity contribution >= 4 is 16.8 Å². The molecule has 1 N–H and O–H groups in total. The molecule has 0 unspecified atom stereocenters. The molecule has 0 bridgehead atoms. The van der Waals surface area contributed by atoms with E-state index in [2.05, 4.69) is 35.1 Å².